The van der Waals surface area contributed by atoms with Gasteiger partial charge in [0.2, 0.25) is 0 Å². The molecule has 0 spiro atoms. The summed E-state index contributed by atoms with van der Waals surface area (Å²) in [5.74, 6) is 0.0904. The molecule has 1 aromatic heterocycles. The molecule has 106 valence electrons. The molecule has 0 aromatic carbocycles. The molecular formula is C15H23NO2S. The Kier molecular flexibility index (Phi) is 4.99. The Hall–Kier alpha value is -0.870. The van der Waals surface area contributed by atoms with Gasteiger partial charge in [-0.3, -0.25) is 4.79 Å². The molecule has 3 nitrogen and oxygen atoms in total. The molecule has 0 radical (unpaired) electrons. The zero-order chi connectivity index (χ0) is 13.8. The second-order valence-corrected chi connectivity index (χ2v) is 6.68. The Morgan fingerprint density at radius 1 is 1.37 bits per heavy atom. The van der Waals surface area contributed by atoms with E-state index in [0.717, 1.165) is 17.7 Å². The lowest BCUT2D eigenvalue weighted by Crippen LogP contribution is -2.38. The molecule has 1 aliphatic rings. The van der Waals surface area contributed by atoms with E-state index in [4.69, 9.17) is 5.11 Å². The average molecular weight is 281 g/mol. The average Bonchev–Trinajstić information content (AvgIpc) is 2.69. The maximum Gasteiger partial charge on any atom is 0.261 e. The molecular weight excluding hydrogens is 258 g/mol. The molecule has 1 aromatic rings. The number of rotatable bonds is 4. The van der Waals surface area contributed by atoms with Gasteiger partial charge in [0.05, 0.1) is 4.88 Å². The van der Waals surface area contributed by atoms with Crippen molar-refractivity contribution in [3.8, 4) is 0 Å². The first-order chi connectivity index (χ1) is 9.11. The molecule has 2 N–H and O–H groups in total. The van der Waals surface area contributed by atoms with Crippen molar-refractivity contribution in [1.82, 2.24) is 5.32 Å². The molecule has 2 rings (SSSR count). The van der Waals surface area contributed by atoms with Crippen LogP contribution in [0.5, 0.6) is 0 Å². The molecule has 4 heteroatoms. The summed E-state index contributed by atoms with van der Waals surface area (Å²) in [6.07, 6.45) is 6.01. The molecule has 2 unspecified atom stereocenters. The van der Waals surface area contributed by atoms with Crippen LogP contribution in [0.4, 0.5) is 0 Å². The highest BCUT2D eigenvalue weighted by Gasteiger charge is 2.19. The number of aliphatic hydroxyl groups excluding tert-OH is 1. The number of amides is 1. The van der Waals surface area contributed by atoms with Crippen LogP contribution in [-0.2, 0) is 12.8 Å². The third-order valence-corrected chi connectivity index (χ3v) is 5.21. The molecule has 0 fully saturated rings. The number of carbonyl (C=O) groups excluding carboxylic acids is 1. The number of carbonyl (C=O) groups is 1. The largest absolute Gasteiger partial charge is 0.396 e. The van der Waals surface area contributed by atoms with Gasteiger partial charge in [0.25, 0.3) is 5.91 Å². The zero-order valence-corrected chi connectivity index (χ0v) is 12.6. The van der Waals surface area contributed by atoms with Gasteiger partial charge in [-0.1, -0.05) is 13.3 Å². The Labute approximate surface area is 119 Å². The number of thiophene rings is 1. The van der Waals surface area contributed by atoms with Crippen molar-refractivity contribution in [1.29, 1.82) is 0 Å². The van der Waals surface area contributed by atoms with E-state index in [1.807, 2.05) is 13.8 Å². The third kappa shape index (κ3) is 3.57. The maximum atomic E-state index is 12.2. The monoisotopic (exact) mass is 281 g/mol. The number of aryl methyl sites for hydroxylation is 2. The normalized spacial score (nSPS) is 18.3. The van der Waals surface area contributed by atoms with Crippen LogP contribution in [0.3, 0.4) is 0 Å². The first-order valence-corrected chi connectivity index (χ1v) is 7.96. The first-order valence-electron chi connectivity index (χ1n) is 7.15. The summed E-state index contributed by atoms with van der Waals surface area (Å²) >= 11 is 1.64. The van der Waals surface area contributed by atoms with Gasteiger partial charge in [-0.25, -0.2) is 0 Å². The quantitative estimate of drug-likeness (QED) is 0.834. The standard InChI is InChI=1S/C15H23NO2S/c1-10(9-17)11(2)16-15(18)14-8-12-6-4-3-5-7-13(12)19-14/h8,10-11,17H,3-7,9H2,1-2H3,(H,16,18). The minimum absolute atomic E-state index is 0.000550. The highest BCUT2D eigenvalue weighted by molar-refractivity contribution is 7.14. The van der Waals surface area contributed by atoms with Crippen molar-refractivity contribution in [3.05, 3.63) is 21.4 Å². The van der Waals surface area contributed by atoms with Gasteiger partial charge in [0, 0.05) is 17.5 Å². The molecule has 0 bridgehead atoms. The lowest BCUT2D eigenvalue weighted by Gasteiger charge is -2.18. The fourth-order valence-corrected chi connectivity index (χ4v) is 3.51. The number of hydrogen-bond donors (Lipinski definition) is 2. The maximum absolute atomic E-state index is 12.2. The third-order valence-electron chi connectivity index (χ3n) is 3.97. The summed E-state index contributed by atoms with van der Waals surface area (Å²) < 4.78 is 0. The number of fused-ring (bicyclic) bond motifs is 1. The predicted molar refractivity (Wildman–Crippen MR) is 78.8 cm³/mol. The highest BCUT2D eigenvalue weighted by atomic mass is 32.1. The van der Waals surface area contributed by atoms with Gasteiger partial charge < -0.3 is 10.4 Å². The SMILES string of the molecule is CC(CO)C(C)NC(=O)c1cc2c(s1)CCCCC2. The van der Waals surface area contributed by atoms with Crippen molar-refractivity contribution >= 4 is 17.2 Å². The fraction of sp³-hybridized carbons (Fsp3) is 0.667. The van der Waals surface area contributed by atoms with Crippen molar-refractivity contribution < 1.29 is 9.90 Å². The summed E-state index contributed by atoms with van der Waals surface area (Å²) in [4.78, 5) is 14.4. The van der Waals surface area contributed by atoms with Crippen LogP contribution in [0.15, 0.2) is 6.07 Å². The smallest absolute Gasteiger partial charge is 0.261 e. The van der Waals surface area contributed by atoms with E-state index in [1.54, 1.807) is 11.3 Å². The van der Waals surface area contributed by atoms with E-state index in [9.17, 15) is 4.79 Å². The predicted octanol–water partition coefficient (Wildman–Crippen LogP) is 2.76. The minimum atomic E-state index is -0.000550. The van der Waals surface area contributed by atoms with Crippen LogP contribution in [0.2, 0.25) is 0 Å². The molecule has 1 amide bonds. The van der Waals surface area contributed by atoms with Crippen molar-refractivity contribution in [2.45, 2.75) is 52.0 Å². The second-order valence-electron chi connectivity index (χ2n) is 5.54. The Balaban J connectivity index is 2.04. The van der Waals surface area contributed by atoms with Crippen LogP contribution >= 0.6 is 11.3 Å². The van der Waals surface area contributed by atoms with Crippen LogP contribution in [-0.4, -0.2) is 23.7 Å². The Bertz CT molecular complexity index is 418. The topological polar surface area (TPSA) is 49.3 Å². The second kappa shape index (κ2) is 6.53. The van der Waals surface area contributed by atoms with Crippen molar-refractivity contribution in [3.63, 3.8) is 0 Å². The van der Waals surface area contributed by atoms with Crippen LogP contribution in [0.1, 0.15) is 53.2 Å². The summed E-state index contributed by atoms with van der Waals surface area (Å²) in [6.45, 7) is 3.98. The Morgan fingerprint density at radius 3 is 2.84 bits per heavy atom. The lowest BCUT2D eigenvalue weighted by atomic mass is 10.1. The summed E-state index contributed by atoms with van der Waals surface area (Å²) in [6, 6.07) is 2.07. The van der Waals surface area contributed by atoms with E-state index < -0.39 is 0 Å². The molecule has 2 atom stereocenters. The molecule has 1 heterocycles. The zero-order valence-electron chi connectivity index (χ0n) is 11.7. The molecule has 0 saturated carbocycles. The Morgan fingerprint density at radius 2 is 2.11 bits per heavy atom. The molecule has 0 aliphatic heterocycles. The van der Waals surface area contributed by atoms with Crippen LogP contribution in [0.25, 0.3) is 0 Å². The summed E-state index contributed by atoms with van der Waals surface area (Å²) in [5, 5.41) is 12.1. The van der Waals surface area contributed by atoms with Crippen LogP contribution < -0.4 is 5.32 Å². The van der Waals surface area contributed by atoms with E-state index in [2.05, 4.69) is 11.4 Å². The molecule has 1 aliphatic carbocycles. The van der Waals surface area contributed by atoms with E-state index in [0.29, 0.717) is 0 Å². The number of nitrogens with one attached hydrogen (secondary N) is 1. The van der Waals surface area contributed by atoms with Gasteiger partial charge in [-0.2, -0.15) is 0 Å². The van der Waals surface area contributed by atoms with Gasteiger partial charge >= 0.3 is 0 Å². The summed E-state index contributed by atoms with van der Waals surface area (Å²) in [5.41, 5.74) is 1.37. The number of hydrogen-bond acceptors (Lipinski definition) is 3. The van der Waals surface area contributed by atoms with E-state index >= 15 is 0 Å². The minimum Gasteiger partial charge on any atom is -0.396 e. The van der Waals surface area contributed by atoms with Gasteiger partial charge in [0.1, 0.15) is 0 Å². The van der Waals surface area contributed by atoms with Crippen molar-refractivity contribution in [2.24, 2.45) is 5.92 Å². The van der Waals surface area contributed by atoms with Gasteiger partial charge in [-0.15, -0.1) is 11.3 Å². The van der Waals surface area contributed by atoms with Gasteiger partial charge in [0.15, 0.2) is 0 Å². The number of aliphatic hydroxyl groups is 1. The summed E-state index contributed by atoms with van der Waals surface area (Å²) in [7, 11) is 0. The van der Waals surface area contributed by atoms with E-state index in [1.165, 1.54) is 29.7 Å². The van der Waals surface area contributed by atoms with Gasteiger partial charge in [-0.05, 0) is 50.2 Å². The highest BCUT2D eigenvalue weighted by Crippen LogP contribution is 2.29. The fourth-order valence-electron chi connectivity index (χ4n) is 2.36. The first kappa shape index (κ1) is 14.5. The molecule has 19 heavy (non-hydrogen) atoms. The molecule has 0 saturated heterocycles. The van der Waals surface area contributed by atoms with Crippen molar-refractivity contribution in [2.75, 3.05) is 6.61 Å². The lowest BCUT2D eigenvalue weighted by molar-refractivity contribution is 0.0920. The van der Waals surface area contributed by atoms with E-state index in [-0.39, 0.29) is 24.5 Å². The van der Waals surface area contributed by atoms with Crippen LogP contribution in [0, 0.1) is 5.92 Å².